The fourth-order valence-electron chi connectivity index (χ4n) is 4.39. The molecule has 0 spiro atoms. The van der Waals surface area contributed by atoms with Crippen molar-refractivity contribution in [3.05, 3.63) is 88.4 Å². The molecule has 1 N–H and O–H groups in total. The second-order valence-corrected chi connectivity index (χ2v) is 7.69. The monoisotopic (exact) mass is 375 g/mol. The third-order valence-corrected chi connectivity index (χ3v) is 5.98. The molecule has 0 unspecified atom stereocenters. The number of halogens is 1. The number of hydrogen-bond donors (Lipinski definition) is 1. The number of allylic oxidation sites excluding steroid dienone is 2. The molecule has 0 saturated carbocycles. The Bertz CT molecular complexity index is 954. The summed E-state index contributed by atoms with van der Waals surface area (Å²) in [6.07, 6.45) is 5.89. The van der Waals surface area contributed by atoms with Crippen LogP contribution in [0.1, 0.15) is 29.5 Å². The van der Waals surface area contributed by atoms with Gasteiger partial charge in [0.1, 0.15) is 0 Å². The van der Waals surface area contributed by atoms with Gasteiger partial charge in [-0.05, 0) is 52.4 Å². The molecule has 3 aromatic rings. The standard InChI is InChI=1S/C22H18BrN/c23-15-11-12-21-20(13-15)17-8-4-10-19(17)22(24-21)18-9-3-6-14-5-1-2-7-16(14)18/h1-9,11-13,17,19,22,24H,10H2/t17-,19+,22+/m0/s1. The zero-order valence-electron chi connectivity index (χ0n) is 13.2. The van der Waals surface area contributed by atoms with Crippen molar-refractivity contribution in [2.75, 3.05) is 5.32 Å². The molecular weight excluding hydrogens is 358 g/mol. The number of fused-ring (bicyclic) bond motifs is 4. The maximum absolute atomic E-state index is 3.84. The molecular formula is C22H18BrN. The van der Waals surface area contributed by atoms with Crippen LogP contribution in [0.4, 0.5) is 5.69 Å². The minimum atomic E-state index is 0.352. The van der Waals surface area contributed by atoms with Crippen molar-refractivity contribution in [3.8, 4) is 0 Å². The third-order valence-electron chi connectivity index (χ3n) is 5.48. The molecule has 118 valence electrons. The lowest BCUT2D eigenvalue weighted by molar-refractivity contribution is 0.427. The van der Waals surface area contributed by atoms with Gasteiger partial charge in [0.2, 0.25) is 0 Å². The quantitative estimate of drug-likeness (QED) is 0.483. The van der Waals surface area contributed by atoms with Crippen molar-refractivity contribution >= 4 is 32.4 Å². The first-order chi connectivity index (χ1) is 11.8. The highest BCUT2D eigenvalue weighted by atomic mass is 79.9. The van der Waals surface area contributed by atoms with Crippen LogP contribution in [0, 0.1) is 5.92 Å². The molecule has 1 heterocycles. The average Bonchev–Trinajstić information content (AvgIpc) is 3.11. The highest BCUT2D eigenvalue weighted by molar-refractivity contribution is 9.10. The largest absolute Gasteiger partial charge is 0.378 e. The summed E-state index contributed by atoms with van der Waals surface area (Å²) in [4.78, 5) is 0. The molecule has 0 amide bonds. The predicted octanol–water partition coefficient (Wildman–Crippen LogP) is 6.43. The fraction of sp³-hybridized carbons (Fsp3) is 0.182. The number of nitrogens with one attached hydrogen (secondary N) is 1. The van der Waals surface area contributed by atoms with Crippen molar-refractivity contribution in [1.29, 1.82) is 0 Å². The van der Waals surface area contributed by atoms with E-state index < -0.39 is 0 Å². The number of benzene rings is 3. The molecule has 0 bridgehead atoms. The van der Waals surface area contributed by atoms with E-state index in [0.29, 0.717) is 17.9 Å². The van der Waals surface area contributed by atoms with Gasteiger partial charge in [-0.25, -0.2) is 0 Å². The number of hydrogen-bond acceptors (Lipinski definition) is 1. The topological polar surface area (TPSA) is 12.0 Å². The van der Waals surface area contributed by atoms with Crippen molar-refractivity contribution < 1.29 is 0 Å². The van der Waals surface area contributed by atoms with E-state index in [1.165, 1.54) is 27.6 Å². The van der Waals surface area contributed by atoms with Gasteiger partial charge in [-0.15, -0.1) is 0 Å². The van der Waals surface area contributed by atoms with Gasteiger partial charge in [-0.3, -0.25) is 0 Å². The zero-order chi connectivity index (χ0) is 16.1. The molecule has 3 aromatic carbocycles. The SMILES string of the molecule is Brc1ccc2c(c1)[C@H]1C=CC[C@H]1[C@@H](c1cccc3ccccc13)N2. The summed E-state index contributed by atoms with van der Waals surface area (Å²) < 4.78 is 1.16. The summed E-state index contributed by atoms with van der Waals surface area (Å²) in [5, 5.41) is 6.53. The Balaban J connectivity index is 1.68. The molecule has 24 heavy (non-hydrogen) atoms. The van der Waals surface area contributed by atoms with Crippen molar-refractivity contribution in [1.82, 2.24) is 0 Å². The van der Waals surface area contributed by atoms with E-state index >= 15 is 0 Å². The van der Waals surface area contributed by atoms with E-state index in [9.17, 15) is 0 Å². The van der Waals surface area contributed by atoms with E-state index in [4.69, 9.17) is 0 Å². The lowest BCUT2D eigenvalue weighted by Gasteiger charge is -2.38. The smallest absolute Gasteiger partial charge is 0.0560 e. The molecule has 3 atom stereocenters. The summed E-state index contributed by atoms with van der Waals surface area (Å²) in [5.41, 5.74) is 4.10. The second kappa shape index (κ2) is 5.49. The van der Waals surface area contributed by atoms with Crippen LogP contribution in [-0.4, -0.2) is 0 Å². The van der Waals surface area contributed by atoms with E-state index in [1.807, 2.05) is 0 Å². The Kier molecular flexibility index (Phi) is 3.27. The second-order valence-electron chi connectivity index (χ2n) is 6.78. The molecule has 2 aliphatic rings. The first-order valence-corrected chi connectivity index (χ1v) is 9.31. The maximum atomic E-state index is 3.84. The van der Waals surface area contributed by atoms with Crippen LogP contribution >= 0.6 is 15.9 Å². The molecule has 0 saturated heterocycles. The fourth-order valence-corrected chi connectivity index (χ4v) is 4.77. The highest BCUT2D eigenvalue weighted by Crippen LogP contribution is 2.51. The van der Waals surface area contributed by atoms with Gasteiger partial charge in [-0.1, -0.05) is 70.5 Å². The van der Waals surface area contributed by atoms with Crippen LogP contribution in [0.25, 0.3) is 10.8 Å². The minimum Gasteiger partial charge on any atom is -0.378 e. The number of rotatable bonds is 1. The Morgan fingerprint density at radius 1 is 0.917 bits per heavy atom. The Labute approximate surface area is 150 Å². The zero-order valence-corrected chi connectivity index (χ0v) is 14.8. The molecule has 1 aliphatic carbocycles. The summed E-state index contributed by atoms with van der Waals surface area (Å²) in [6, 6.07) is 22.4. The van der Waals surface area contributed by atoms with Gasteiger partial charge in [0, 0.05) is 16.1 Å². The molecule has 0 fully saturated rings. The Morgan fingerprint density at radius 2 is 1.79 bits per heavy atom. The minimum absolute atomic E-state index is 0.352. The van der Waals surface area contributed by atoms with E-state index in [1.54, 1.807) is 0 Å². The lowest BCUT2D eigenvalue weighted by atomic mass is 9.76. The van der Waals surface area contributed by atoms with Gasteiger partial charge >= 0.3 is 0 Å². The van der Waals surface area contributed by atoms with Gasteiger partial charge < -0.3 is 5.32 Å². The summed E-state index contributed by atoms with van der Waals surface area (Å²) in [6.45, 7) is 0. The van der Waals surface area contributed by atoms with E-state index in [0.717, 1.165) is 10.9 Å². The van der Waals surface area contributed by atoms with Crippen molar-refractivity contribution in [2.24, 2.45) is 5.92 Å². The van der Waals surface area contributed by atoms with Gasteiger partial charge in [0.15, 0.2) is 0 Å². The normalized spacial score (nSPS) is 24.5. The molecule has 2 heteroatoms. The Morgan fingerprint density at radius 3 is 2.75 bits per heavy atom. The summed E-state index contributed by atoms with van der Waals surface area (Å²) in [5.74, 6) is 1.08. The first kappa shape index (κ1) is 14.3. The number of anilines is 1. The highest BCUT2D eigenvalue weighted by Gasteiger charge is 2.38. The van der Waals surface area contributed by atoms with Gasteiger partial charge in [-0.2, -0.15) is 0 Å². The Hall–Kier alpha value is -2.06. The van der Waals surface area contributed by atoms with Crippen LogP contribution < -0.4 is 5.32 Å². The van der Waals surface area contributed by atoms with Crippen LogP contribution in [0.2, 0.25) is 0 Å². The summed E-state index contributed by atoms with van der Waals surface area (Å²) >= 11 is 3.63. The molecule has 1 aliphatic heterocycles. The maximum Gasteiger partial charge on any atom is 0.0560 e. The van der Waals surface area contributed by atoms with E-state index in [-0.39, 0.29) is 0 Å². The lowest BCUT2D eigenvalue weighted by Crippen LogP contribution is -2.29. The van der Waals surface area contributed by atoms with Crippen molar-refractivity contribution in [2.45, 2.75) is 18.4 Å². The van der Waals surface area contributed by atoms with Crippen LogP contribution in [0.3, 0.4) is 0 Å². The van der Waals surface area contributed by atoms with Crippen LogP contribution in [-0.2, 0) is 0 Å². The third kappa shape index (κ3) is 2.13. The summed E-state index contributed by atoms with van der Waals surface area (Å²) in [7, 11) is 0. The molecule has 1 nitrogen and oxygen atoms in total. The first-order valence-electron chi connectivity index (χ1n) is 8.51. The van der Waals surface area contributed by atoms with E-state index in [2.05, 4.69) is 94.1 Å². The van der Waals surface area contributed by atoms with Gasteiger partial charge in [0.05, 0.1) is 6.04 Å². The predicted molar refractivity (Wildman–Crippen MR) is 104 cm³/mol. The molecule has 0 aromatic heterocycles. The van der Waals surface area contributed by atoms with Crippen LogP contribution in [0.5, 0.6) is 0 Å². The van der Waals surface area contributed by atoms with Crippen molar-refractivity contribution in [3.63, 3.8) is 0 Å². The average molecular weight is 376 g/mol. The van der Waals surface area contributed by atoms with Gasteiger partial charge in [0.25, 0.3) is 0 Å². The molecule has 5 rings (SSSR count). The molecule has 0 radical (unpaired) electrons. The van der Waals surface area contributed by atoms with Crippen LogP contribution in [0.15, 0.2) is 77.3 Å².